The van der Waals surface area contributed by atoms with Crippen LogP contribution in [0, 0.1) is 18.3 Å². The predicted molar refractivity (Wildman–Crippen MR) is 139 cm³/mol. The number of benzene rings is 3. The van der Waals surface area contributed by atoms with E-state index in [1.165, 1.54) is 22.3 Å². The van der Waals surface area contributed by atoms with Crippen molar-refractivity contribution in [3.63, 3.8) is 0 Å². The Balaban J connectivity index is 1.29. The van der Waals surface area contributed by atoms with E-state index in [1.807, 2.05) is 36.8 Å². The van der Waals surface area contributed by atoms with E-state index in [9.17, 15) is 0 Å². The molecule has 1 unspecified atom stereocenters. The lowest BCUT2D eigenvalue weighted by molar-refractivity contribution is 0.232. The number of fused-ring (bicyclic) bond motifs is 1. The van der Waals surface area contributed by atoms with Gasteiger partial charge in [-0.15, -0.1) is 0 Å². The first kappa shape index (κ1) is 23.0. The standard InChI is InChI=1S/C30H31N5/c1-23-6-2-3-8-27(23)19-34-20-28-9-5-4-7-26(28)14-29(21-34)33-17-30-16-32-22-35(30)18-25-12-10-24(15-31)11-13-25/h2-13,16,22,29,33H,14,17-21H2,1H3. The van der Waals surface area contributed by atoms with Gasteiger partial charge >= 0.3 is 0 Å². The van der Waals surface area contributed by atoms with Gasteiger partial charge in [-0.1, -0.05) is 60.7 Å². The minimum absolute atomic E-state index is 0.348. The average molecular weight is 462 g/mol. The highest BCUT2D eigenvalue weighted by atomic mass is 15.2. The Labute approximate surface area is 207 Å². The average Bonchev–Trinajstić information content (AvgIpc) is 3.23. The third kappa shape index (κ3) is 5.68. The number of hydrogen-bond donors (Lipinski definition) is 1. The van der Waals surface area contributed by atoms with Crippen molar-refractivity contribution in [2.24, 2.45) is 0 Å². The van der Waals surface area contributed by atoms with E-state index in [0.29, 0.717) is 11.6 Å². The number of nitrogens with zero attached hydrogens (tertiary/aromatic N) is 4. The highest BCUT2D eigenvalue weighted by Crippen LogP contribution is 2.22. The zero-order valence-corrected chi connectivity index (χ0v) is 20.2. The van der Waals surface area contributed by atoms with Gasteiger partial charge in [-0.05, 0) is 53.3 Å². The molecule has 1 aliphatic heterocycles. The molecule has 176 valence electrons. The maximum atomic E-state index is 9.04. The Bertz CT molecular complexity index is 1320. The van der Waals surface area contributed by atoms with Crippen LogP contribution in [0.2, 0.25) is 0 Å². The molecule has 5 heteroatoms. The highest BCUT2D eigenvalue weighted by molar-refractivity contribution is 5.32. The maximum Gasteiger partial charge on any atom is 0.0991 e. The maximum absolute atomic E-state index is 9.04. The Morgan fingerprint density at radius 1 is 0.971 bits per heavy atom. The van der Waals surface area contributed by atoms with Crippen LogP contribution in [0.1, 0.15) is 39.1 Å². The van der Waals surface area contributed by atoms with Crippen LogP contribution in [-0.2, 0) is 32.6 Å². The summed E-state index contributed by atoms with van der Waals surface area (Å²) in [5.41, 5.74) is 8.62. The van der Waals surface area contributed by atoms with Gasteiger partial charge in [-0.3, -0.25) is 4.90 Å². The summed E-state index contributed by atoms with van der Waals surface area (Å²) in [5.74, 6) is 0. The molecule has 5 rings (SSSR count). The van der Waals surface area contributed by atoms with Gasteiger partial charge in [-0.25, -0.2) is 4.98 Å². The molecule has 1 N–H and O–H groups in total. The molecular formula is C30H31N5. The van der Waals surface area contributed by atoms with E-state index in [1.54, 1.807) is 0 Å². The molecule has 1 aliphatic rings. The quantitative estimate of drug-likeness (QED) is 0.428. The number of rotatable bonds is 7. The summed E-state index contributed by atoms with van der Waals surface area (Å²) < 4.78 is 2.18. The SMILES string of the molecule is Cc1ccccc1CN1Cc2ccccc2CC(NCc2cncn2Cc2ccc(C#N)cc2)C1. The lowest BCUT2D eigenvalue weighted by atomic mass is 10.0. The summed E-state index contributed by atoms with van der Waals surface area (Å²) in [4.78, 5) is 6.98. The van der Waals surface area contributed by atoms with Gasteiger partial charge in [-0.2, -0.15) is 5.26 Å². The summed E-state index contributed by atoms with van der Waals surface area (Å²) >= 11 is 0. The molecule has 2 heterocycles. The van der Waals surface area contributed by atoms with Gasteiger partial charge in [0.05, 0.1) is 23.7 Å². The van der Waals surface area contributed by atoms with E-state index >= 15 is 0 Å². The van der Waals surface area contributed by atoms with Gasteiger partial charge in [0.15, 0.2) is 0 Å². The summed E-state index contributed by atoms with van der Waals surface area (Å²) in [6.45, 7) is 6.63. The van der Waals surface area contributed by atoms with Crippen molar-refractivity contribution in [1.82, 2.24) is 19.8 Å². The van der Waals surface area contributed by atoms with Crippen molar-refractivity contribution in [3.05, 3.63) is 124 Å². The molecular weight excluding hydrogens is 430 g/mol. The number of imidazole rings is 1. The van der Waals surface area contributed by atoms with Crippen LogP contribution in [0.4, 0.5) is 0 Å². The molecule has 0 bridgehead atoms. The van der Waals surface area contributed by atoms with E-state index in [0.717, 1.165) is 50.4 Å². The monoisotopic (exact) mass is 461 g/mol. The molecule has 0 saturated heterocycles. The molecule has 3 aromatic carbocycles. The molecule has 5 nitrogen and oxygen atoms in total. The van der Waals surface area contributed by atoms with Crippen molar-refractivity contribution >= 4 is 0 Å². The third-order valence-corrected chi connectivity index (χ3v) is 6.92. The fraction of sp³-hybridized carbons (Fsp3) is 0.267. The van der Waals surface area contributed by atoms with E-state index in [4.69, 9.17) is 5.26 Å². The van der Waals surface area contributed by atoms with Gasteiger partial charge in [0.25, 0.3) is 0 Å². The second-order valence-electron chi connectivity index (χ2n) is 9.47. The molecule has 4 aromatic rings. The molecule has 0 amide bonds. The minimum atomic E-state index is 0.348. The largest absolute Gasteiger partial charge is 0.329 e. The van der Waals surface area contributed by atoms with Crippen molar-refractivity contribution in [2.75, 3.05) is 6.54 Å². The topological polar surface area (TPSA) is 56.9 Å². The molecule has 1 aromatic heterocycles. The van der Waals surface area contributed by atoms with Crippen LogP contribution in [0.3, 0.4) is 0 Å². The summed E-state index contributed by atoms with van der Waals surface area (Å²) in [6, 6.07) is 27.9. The third-order valence-electron chi connectivity index (χ3n) is 6.92. The van der Waals surface area contributed by atoms with Gasteiger partial charge in [0.1, 0.15) is 0 Å². The van der Waals surface area contributed by atoms with Crippen LogP contribution in [-0.4, -0.2) is 27.0 Å². The Morgan fingerprint density at radius 2 is 1.74 bits per heavy atom. The number of hydrogen-bond acceptors (Lipinski definition) is 4. The first-order valence-electron chi connectivity index (χ1n) is 12.2. The summed E-state index contributed by atoms with van der Waals surface area (Å²) in [7, 11) is 0. The Kier molecular flexibility index (Phi) is 7.04. The smallest absolute Gasteiger partial charge is 0.0991 e. The van der Waals surface area contributed by atoms with Crippen molar-refractivity contribution in [2.45, 2.75) is 45.6 Å². The van der Waals surface area contributed by atoms with Crippen molar-refractivity contribution in [3.8, 4) is 6.07 Å². The lowest BCUT2D eigenvalue weighted by Crippen LogP contribution is -2.40. The molecule has 35 heavy (non-hydrogen) atoms. The highest BCUT2D eigenvalue weighted by Gasteiger charge is 2.22. The second-order valence-corrected chi connectivity index (χ2v) is 9.47. The first-order chi connectivity index (χ1) is 17.2. The summed E-state index contributed by atoms with van der Waals surface area (Å²) in [6.07, 6.45) is 4.86. The summed E-state index contributed by atoms with van der Waals surface area (Å²) in [5, 5.41) is 12.9. The fourth-order valence-corrected chi connectivity index (χ4v) is 4.91. The zero-order chi connectivity index (χ0) is 24.0. The van der Waals surface area contributed by atoms with Crippen LogP contribution < -0.4 is 5.32 Å². The molecule has 0 saturated carbocycles. The van der Waals surface area contributed by atoms with Gasteiger partial charge in [0.2, 0.25) is 0 Å². The Hall–Kier alpha value is -3.72. The van der Waals surface area contributed by atoms with Gasteiger partial charge < -0.3 is 9.88 Å². The van der Waals surface area contributed by atoms with E-state index in [-0.39, 0.29) is 0 Å². The van der Waals surface area contributed by atoms with Gasteiger partial charge in [0, 0.05) is 45.0 Å². The van der Waals surface area contributed by atoms with Crippen LogP contribution in [0.25, 0.3) is 0 Å². The molecule has 0 radical (unpaired) electrons. The lowest BCUT2D eigenvalue weighted by Gasteiger charge is -2.26. The zero-order valence-electron chi connectivity index (χ0n) is 20.2. The van der Waals surface area contributed by atoms with Crippen LogP contribution in [0.5, 0.6) is 0 Å². The second kappa shape index (κ2) is 10.7. The normalized spacial score (nSPS) is 15.8. The van der Waals surface area contributed by atoms with E-state index in [2.05, 4.69) is 81.3 Å². The van der Waals surface area contributed by atoms with Crippen LogP contribution in [0.15, 0.2) is 85.3 Å². The van der Waals surface area contributed by atoms with Crippen molar-refractivity contribution in [1.29, 1.82) is 5.26 Å². The molecule has 0 fully saturated rings. The van der Waals surface area contributed by atoms with Crippen molar-refractivity contribution < 1.29 is 0 Å². The minimum Gasteiger partial charge on any atom is -0.329 e. The number of nitriles is 1. The van der Waals surface area contributed by atoms with E-state index < -0.39 is 0 Å². The number of nitrogens with one attached hydrogen (secondary N) is 1. The molecule has 0 spiro atoms. The predicted octanol–water partition coefficient (Wildman–Crippen LogP) is 4.83. The fourth-order valence-electron chi connectivity index (χ4n) is 4.91. The number of aromatic nitrogens is 2. The first-order valence-corrected chi connectivity index (χ1v) is 12.2. The van der Waals surface area contributed by atoms with Crippen LogP contribution >= 0.6 is 0 Å². The number of aryl methyl sites for hydroxylation is 1. The molecule has 1 atom stereocenters. The Morgan fingerprint density at radius 3 is 2.54 bits per heavy atom. The molecule has 0 aliphatic carbocycles.